The number of nitrogens with zero attached hydrogens (tertiary/aromatic N) is 1. The second kappa shape index (κ2) is 6.23. The van der Waals surface area contributed by atoms with Gasteiger partial charge in [-0.3, -0.25) is 14.7 Å². The lowest BCUT2D eigenvalue weighted by Crippen LogP contribution is -2.36. The normalized spacial score (nSPS) is 12.8. The van der Waals surface area contributed by atoms with Crippen LogP contribution in [0.4, 0.5) is 4.79 Å². The average molecular weight is 341 g/mol. The Kier molecular flexibility index (Phi) is 3.77. The highest BCUT2D eigenvalue weighted by Crippen LogP contribution is 2.30. The molecule has 0 atom stereocenters. The van der Waals surface area contributed by atoms with Crippen molar-refractivity contribution in [2.45, 2.75) is 6.54 Å². The number of carbonyl (C=O) groups is 1. The summed E-state index contributed by atoms with van der Waals surface area (Å²) in [4.78, 5) is 29.8. The zero-order valence-electron chi connectivity index (χ0n) is 13.2. The van der Waals surface area contributed by atoms with Crippen LogP contribution in [0.5, 0.6) is 11.5 Å². The summed E-state index contributed by atoms with van der Waals surface area (Å²) >= 11 is 0. The number of nitrogens with one attached hydrogen (secondary N) is 2. The van der Waals surface area contributed by atoms with Crippen LogP contribution in [0.3, 0.4) is 0 Å². The van der Waals surface area contributed by atoms with Gasteiger partial charge in [0.2, 0.25) is 0 Å². The molecular formula is C17H15N3O5. The van der Waals surface area contributed by atoms with Crippen molar-refractivity contribution >= 4 is 17.0 Å². The maximum Gasteiger partial charge on any atom is 0.433 e. The van der Waals surface area contributed by atoms with Gasteiger partial charge in [-0.2, -0.15) is 0 Å². The molecule has 2 heterocycles. The molecule has 0 unspecified atom stereocenters. The Morgan fingerprint density at radius 3 is 2.80 bits per heavy atom. The summed E-state index contributed by atoms with van der Waals surface area (Å²) in [7, 11) is 0. The number of para-hydroxylation sites is 1. The van der Waals surface area contributed by atoms with Crippen molar-refractivity contribution in [2.24, 2.45) is 0 Å². The number of aromatic amines is 1. The van der Waals surface area contributed by atoms with Gasteiger partial charge in [0, 0.05) is 6.54 Å². The molecule has 1 aliphatic heterocycles. The monoisotopic (exact) mass is 341 g/mol. The Labute approximate surface area is 141 Å². The van der Waals surface area contributed by atoms with Crippen molar-refractivity contribution in [1.29, 1.82) is 0 Å². The SMILES string of the molecule is O=C(NCc1ccc2c(c1)OCCO2)On1[nH]c2ccccc2c1=O. The Bertz CT molecular complexity index is 991. The van der Waals surface area contributed by atoms with Crippen LogP contribution in [-0.2, 0) is 6.54 Å². The van der Waals surface area contributed by atoms with Crippen molar-refractivity contribution in [2.75, 3.05) is 13.2 Å². The second-order valence-corrected chi connectivity index (χ2v) is 5.47. The van der Waals surface area contributed by atoms with E-state index in [1.54, 1.807) is 36.4 Å². The molecule has 2 N–H and O–H groups in total. The molecule has 4 rings (SSSR count). The molecule has 0 spiro atoms. The molecule has 1 aliphatic rings. The van der Waals surface area contributed by atoms with Crippen LogP contribution in [0, 0.1) is 0 Å². The van der Waals surface area contributed by atoms with Crippen LogP contribution >= 0.6 is 0 Å². The van der Waals surface area contributed by atoms with Gasteiger partial charge in [-0.25, -0.2) is 4.79 Å². The van der Waals surface area contributed by atoms with Gasteiger partial charge in [0.1, 0.15) is 13.2 Å². The molecule has 1 amide bonds. The lowest BCUT2D eigenvalue weighted by atomic mass is 10.2. The van der Waals surface area contributed by atoms with Crippen LogP contribution in [0.25, 0.3) is 10.9 Å². The molecule has 25 heavy (non-hydrogen) atoms. The molecule has 3 aromatic rings. The summed E-state index contributed by atoms with van der Waals surface area (Å²) < 4.78 is 10.9. The van der Waals surface area contributed by atoms with E-state index in [0.717, 1.165) is 10.4 Å². The molecule has 0 fully saturated rings. The average Bonchev–Trinajstić information content (AvgIpc) is 2.96. The fourth-order valence-corrected chi connectivity index (χ4v) is 2.59. The zero-order valence-corrected chi connectivity index (χ0v) is 13.2. The fourth-order valence-electron chi connectivity index (χ4n) is 2.59. The first kappa shape index (κ1) is 15.1. The van der Waals surface area contributed by atoms with Crippen molar-refractivity contribution in [1.82, 2.24) is 15.3 Å². The fraction of sp³-hybridized carbons (Fsp3) is 0.176. The molecule has 8 heteroatoms. The predicted octanol–water partition coefficient (Wildman–Crippen LogP) is 1.44. The molecule has 8 nitrogen and oxygen atoms in total. The van der Waals surface area contributed by atoms with Crippen LogP contribution in [0.15, 0.2) is 47.3 Å². The molecule has 1 aromatic heterocycles. The lowest BCUT2D eigenvalue weighted by molar-refractivity contribution is 0.112. The molecule has 0 bridgehead atoms. The van der Waals surface area contributed by atoms with Gasteiger partial charge < -0.3 is 14.8 Å². The predicted molar refractivity (Wildman–Crippen MR) is 88.8 cm³/mol. The first-order valence-electron chi connectivity index (χ1n) is 7.75. The number of ether oxygens (including phenoxy) is 2. The van der Waals surface area contributed by atoms with Crippen LogP contribution in [-0.4, -0.2) is 29.3 Å². The van der Waals surface area contributed by atoms with E-state index in [4.69, 9.17) is 14.3 Å². The first-order chi connectivity index (χ1) is 12.2. The third-order valence-corrected chi connectivity index (χ3v) is 3.78. The summed E-state index contributed by atoms with van der Waals surface area (Å²) in [6.45, 7) is 1.25. The van der Waals surface area contributed by atoms with Gasteiger partial charge in [0.25, 0.3) is 0 Å². The minimum Gasteiger partial charge on any atom is -0.486 e. The molecular weight excluding hydrogens is 326 g/mol. The Morgan fingerprint density at radius 2 is 1.96 bits per heavy atom. The largest absolute Gasteiger partial charge is 0.486 e. The smallest absolute Gasteiger partial charge is 0.433 e. The van der Waals surface area contributed by atoms with Crippen molar-refractivity contribution in [3.05, 3.63) is 58.4 Å². The number of aromatic nitrogens is 2. The molecule has 0 saturated carbocycles. The Balaban J connectivity index is 1.42. The lowest BCUT2D eigenvalue weighted by Gasteiger charge is -2.18. The van der Waals surface area contributed by atoms with E-state index in [9.17, 15) is 9.59 Å². The highest BCUT2D eigenvalue weighted by Gasteiger charge is 2.13. The van der Waals surface area contributed by atoms with Crippen molar-refractivity contribution in [3.63, 3.8) is 0 Å². The number of hydrogen-bond donors (Lipinski definition) is 2. The van der Waals surface area contributed by atoms with Gasteiger partial charge >= 0.3 is 11.7 Å². The number of carbonyl (C=O) groups excluding carboxylic acids is 1. The summed E-state index contributed by atoms with van der Waals surface area (Å²) in [6.07, 6.45) is -0.747. The summed E-state index contributed by atoms with van der Waals surface area (Å²) in [5.74, 6) is 1.33. The number of fused-ring (bicyclic) bond motifs is 2. The maximum absolute atomic E-state index is 12.1. The van der Waals surface area contributed by atoms with Gasteiger partial charge in [-0.05, 0) is 29.8 Å². The van der Waals surface area contributed by atoms with E-state index < -0.39 is 11.7 Å². The first-order valence-corrected chi connectivity index (χ1v) is 7.75. The van der Waals surface area contributed by atoms with E-state index >= 15 is 0 Å². The van der Waals surface area contributed by atoms with Crippen LogP contribution in [0.1, 0.15) is 5.56 Å². The van der Waals surface area contributed by atoms with E-state index in [2.05, 4.69) is 10.4 Å². The number of benzene rings is 2. The van der Waals surface area contributed by atoms with Gasteiger partial charge in [-0.1, -0.05) is 23.0 Å². The van der Waals surface area contributed by atoms with Crippen molar-refractivity contribution < 1.29 is 19.1 Å². The third kappa shape index (κ3) is 3.01. The summed E-state index contributed by atoms with van der Waals surface area (Å²) in [6, 6.07) is 12.3. The Morgan fingerprint density at radius 1 is 1.16 bits per heavy atom. The molecule has 128 valence electrons. The topological polar surface area (TPSA) is 94.6 Å². The second-order valence-electron chi connectivity index (χ2n) is 5.47. The van der Waals surface area contributed by atoms with E-state index in [0.29, 0.717) is 35.6 Å². The highest BCUT2D eigenvalue weighted by atomic mass is 16.7. The summed E-state index contributed by atoms with van der Waals surface area (Å²) in [5.41, 5.74) is 0.988. The molecule has 2 aromatic carbocycles. The van der Waals surface area contributed by atoms with Crippen LogP contribution in [0.2, 0.25) is 0 Å². The number of hydrogen-bond acceptors (Lipinski definition) is 5. The zero-order chi connectivity index (χ0) is 17.2. The van der Waals surface area contributed by atoms with E-state index in [1.165, 1.54) is 0 Å². The van der Waals surface area contributed by atoms with Gasteiger partial charge in [0.15, 0.2) is 11.5 Å². The molecule has 0 aliphatic carbocycles. The summed E-state index contributed by atoms with van der Waals surface area (Å²) in [5, 5.41) is 5.75. The van der Waals surface area contributed by atoms with E-state index in [1.807, 2.05) is 6.07 Å². The quantitative estimate of drug-likeness (QED) is 0.752. The molecule has 0 radical (unpaired) electrons. The van der Waals surface area contributed by atoms with Gasteiger partial charge in [0.05, 0.1) is 10.9 Å². The van der Waals surface area contributed by atoms with Gasteiger partial charge in [-0.15, -0.1) is 0 Å². The minimum absolute atomic E-state index is 0.227. The standard InChI is InChI=1S/C17H15N3O5/c21-16-12-3-1-2-4-13(12)19-20(16)25-17(22)18-10-11-5-6-14-15(9-11)24-8-7-23-14/h1-6,9,19H,7-8,10H2,(H,18,22). The third-order valence-electron chi connectivity index (χ3n) is 3.78. The maximum atomic E-state index is 12.1. The number of amides is 1. The minimum atomic E-state index is -0.747. The number of rotatable bonds is 3. The van der Waals surface area contributed by atoms with Crippen LogP contribution < -0.4 is 25.2 Å². The Hall–Kier alpha value is -3.42. The molecule has 0 saturated heterocycles. The van der Waals surface area contributed by atoms with Crippen molar-refractivity contribution in [3.8, 4) is 11.5 Å². The van der Waals surface area contributed by atoms with E-state index in [-0.39, 0.29) is 6.54 Å². The number of H-pyrrole nitrogens is 1. The highest BCUT2D eigenvalue weighted by molar-refractivity contribution is 5.77.